The molecule has 25 heavy (non-hydrogen) atoms. The molecule has 0 saturated carbocycles. The average Bonchev–Trinajstić information content (AvgIpc) is 2.63. The van der Waals surface area contributed by atoms with Crippen LogP contribution in [-0.4, -0.2) is 40.8 Å². The van der Waals surface area contributed by atoms with Crippen LogP contribution >= 0.6 is 0 Å². The highest BCUT2D eigenvalue weighted by molar-refractivity contribution is 5.64. The fraction of sp³-hybridized carbons (Fsp3) is 0.368. The smallest absolute Gasteiger partial charge is 0.407 e. The summed E-state index contributed by atoms with van der Waals surface area (Å²) in [5.41, 5.74) is 1.09. The van der Waals surface area contributed by atoms with E-state index in [1.807, 2.05) is 43.3 Å². The van der Waals surface area contributed by atoms with Crippen LogP contribution in [0.2, 0.25) is 0 Å². The number of ether oxygens (including phenoxy) is 2. The predicted molar refractivity (Wildman–Crippen MR) is 93.3 cm³/mol. The number of hydrogen-bond donors (Lipinski definition) is 1. The van der Waals surface area contributed by atoms with Crippen LogP contribution in [0.25, 0.3) is 0 Å². The van der Waals surface area contributed by atoms with Gasteiger partial charge in [0, 0.05) is 25.4 Å². The minimum absolute atomic E-state index is 0.392. The average molecular weight is 342 g/mol. The molecule has 0 bridgehead atoms. The number of piperidine rings is 1. The summed E-state index contributed by atoms with van der Waals surface area (Å²) in [7, 11) is 0. The molecule has 0 unspecified atom stereocenters. The van der Waals surface area contributed by atoms with E-state index >= 15 is 0 Å². The maximum Gasteiger partial charge on any atom is 0.407 e. The number of carboxylic acid groups (broad SMARTS) is 1. The lowest BCUT2D eigenvalue weighted by molar-refractivity contribution is 0.111. The topological polar surface area (TPSA) is 71.9 Å². The van der Waals surface area contributed by atoms with E-state index in [9.17, 15) is 4.79 Å². The molecule has 1 saturated heterocycles. The van der Waals surface area contributed by atoms with Crippen molar-refractivity contribution in [2.45, 2.75) is 19.8 Å². The Labute approximate surface area is 147 Å². The van der Waals surface area contributed by atoms with Crippen LogP contribution in [0.5, 0.6) is 17.4 Å². The first-order valence-corrected chi connectivity index (χ1v) is 8.41. The monoisotopic (exact) mass is 342 g/mol. The summed E-state index contributed by atoms with van der Waals surface area (Å²) < 4.78 is 11.5. The zero-order valence-corrected chi connectivity index (χ0v) is 14.2. The second-order valence-corrected chi connectivity index (χ2v) is 6.27. The van der Waals surface area contributed by atoms with Gasteiger partial charge in [0.25, 0.3) is 0 Å². The van der Waals surface area contributed by atoms with E-state index in [0.29, 0.717) is 37.2 Å². The third kappa shape index (κ3) is 4.86. The molecule has 1 aromatic heterocycles. The number of pyridine rings is 1. The Balaban J connectivity index is 1.46. The first-order valence-electron chi connectivity index (χ1n) is 8.41. The van der Waals surface area contributed by atoms with E-state index in [1.54, 1.807) is 6.20 Å². The van der Waals surface area contributed by atoms with Crippen LogP contribution in [0.1, 0.15) is 18.4 Å². The lowest BCUT2D eigenvalue weighted by atomic mass is 9.98. The summed E-state index contributed by atoms with van der Waals surface area (Å²) in [6.45, 7) is 3.75. The van der Waals surface area contributed by atoms with Crippen LogP contribution in [-0.2, 0) is 0 Å². The Hall–Kier alpha value is -2.76. The summed E-state index contributed by atoms with van der Waals surface area (Å²) in [4.78, 5) is 16.6. The van der Waals surface area contributed by atoms with Gasteiger partial charge in [0.2, 0.25) is 5.88 Å². The molecule has 2 heterocycles. The molecule has 3 rings (SSSR count). The van der Waals surface area contributed by atoms with Crippen molar-refractivity contribution >= 4 is 6.09 Å². The van der Waals surface area contributed by atoms with Gasteiger partial charge in [-0.1, -0.05) is 6.07 Å². The SMILES string of the molecule is Cc1ccc(Oc2ccc(OCC3CCN(C(=O)O)CC3)cc2)nc1. The fourth-order valence-corrected chi connectivity index (χ4v) is 2.74. The van der Waals surface area contributed by atoms with Crippen LogP contribution < -0.4 is 9.47 Å². The zero-order chi connectivity index (χ0) is 17.6. The third-order valence-corrected chi connectivity index (χ3v) is 4.30. The molecule has 1 aliphatic heterocycles. The summed E-state index contributed by atoms with van der Waals surface area (Å²) in [6, 6.07) is 11.2. The molecule has 1 fully saturated rings. The molecule has 1 amide bonds. The quantitative estimate of drug-likeness (QED) is 0.891. The Morgan fingerprint density at radius 3 is 2.44 bits per heavy atom. The minimum Gasteiger partial charge on any atom is -0.493 e. The van der Waals surface area contributed by atoms with Crippen molar-refractivity contribution in [3.8, 4) is 17.4 Å². The van der Waals surface area contributed by atoms with Gasteiger partial charge < -0.3 is 19.5 Å². The van der Waals surface area contributed by atoms with Crippen LogP contribution in [0.3, 0.4) is 0 Å². The van der Waals surface area contributed by atoms with Gasteiger partial charge in [-0.3, -0.25) is 0 Å². The van der Waals surface area contributed by atoms with Gasteiger partial charge in [0.05, 0.1) is 6.61 Å². The van der Waals surface area contributed by atoms with Gasteiger partial charge in [-0.25, -0.2) is 9.78 Å². The minimum atomic E-state index is -0.835. The van der Waals surface area contributed by atoms with Crippen LogP contribution in [0, 0.1) is 12.8 Å². The Morgan fingerprint density at radius 2 is 1.84 bits per heavy atom. The Kier molecular flexibility index (Phi) is 5.38. The second kappa shape index (κ2) is 7.88. The van der Waals surface area contributed by atoms with Crippen LogP contribution in [0.4, 0.5) is 4.79 Å². The number of nitrogens with zero attached hydrogens (tertiary/aromatic N) is 2. The van der Waals surface area contributed by atoms with Crippen molar-refractivity contribution < 1.29 is 19.4 Å². The Morgan fingerprint density at radius 1 is 1.16 bits per heavy atom. The molecule has 1 aliphatic rings. The first-order chi connectivity index (χ1) is 12.1. The van der Waals surface area contributed by atoms with E-state index in [2.05, 4.69) is 4.98 Å². The molecule has 0 spiro atoms. The highest BCUT2D eigenvalue weighted by atomic mass is 16.5. The number of carbonyl (C=O) groups is 1. The molecule has 1 aromatic carbocycles. The zero-order valence-electron chi connectivity index (χ0n) is 14.2. The summed E-state index contributed by atoms with van der Waals surface area (Å²) in [6.07, 6.45) is 2.61. The summed E-state index contributed by atoms with van der Waals surface area (Å²) in [5, 5.41) is 8.96. The molecule has 0 atom stereocenters. The second-order valence-electron chi connectivity index (χ2n) is 6.27. The van der Waals surface area contributed by atoms with Crippen molar-refractivity contribution in [3.63, 3.8) is 0 Å². The molecule has 132 valence electrons. The predicted octanol–water partition coefficient (Wildman–Crippen LogP) is 3.95. The summed E-state index contributed by atoms with van der Waals surface area (Å²) >= 11 is 0. The molecular weight excluding hydrogens is 320 g/mol. The van der Waals surface area contributed by atoms with E-state index in [1.165, 1.54) is 4.90 Å². The molecule has 0 aliphatic carbocycles. The van der Waals surface area contributed by atoms with Crippen molar-refractivity contribution in [1.29, 1.82) is 0 Å². The lowest BCUT2D eigenvalue weighted by Gasteiger charge is -2.29. The van der Waals surface area contributed by atoms with Crippen molar-refractivity contribution in [2.24, 2.45) is 5.92 Å². The number of aromatic nitrogens is 1. The molecule has 1 N–H and O–H groups in total. The van der Waals surface area contributed by atoms with E-state index in [4.69, 9.17) is 14.6 Å². The largest absolute Gasteiger partial charge is 0.493 e. The van der Waals surface area contributed by atoms with Gasteiger partial charge in [-0.15, -0.1) is 0 Å². The number of aryl methyl sites for hydroxylation is 1. The lowest BCUT2D eigenvalue weighted by Crippen LogP contribution is -2.38. The van der Waals surface area contributed by atoms with Gasteiger partial charge in [0.15, 0.2) is 0 Å². The third-order valence-electron chi connectivity index (χ3n) is 4.30. The van der Waals surface area contributed by atoms with Gasteiger partial charge in [-0.2, -0.15) is 0 Å². The van der Waals surface area contributed by atoms with E-state index < -0.39 is 6.09 Å². The Bertz CT molecular complexity index is 692. The maximum absolute atomic E-state index is 10.9. The normalized spacial score (nSPS) is 15.0. The molecule has 0 radical (unpaired) electrons. The van der Waals surface area contributed by atoms with Gasteiger partial charge >= 0.3 is 6.09 Å². The van der Waals surface area contributed by atoms with Gasteiger partial charge in [0.1, 0.15) is 11.5 Å². The summed E-state index contributed by atoms with van der Waals surface area (Å²) in [5.74, 6) is 2.44. The number of likely N-dealkylation sites (tertiary alicyclic amines) is 1. The molecule has 6 nitrogen and oxygen atoms in total. The number of amides is 1. The molecular formula is C19H22N2O4. The fourth-order valence-electron chi connectivity index (χ4n) is 2.74. The van der Waals surface area contributed by atoms with Crippen molar-refractivity contribution in [3.05, 3.63) is 48.2 Å². The highest BCUT2D eigenvalue weighted by Gasteiger charge is 2.22. The van der Waals surface area contributed by atoms with Crippen molar-refractivity contribution in [1.82, 2.24) is 9.88 Å². The van der Waals surface area contributed by atoms with E-state index in [-0.39, 0.29) is 0 Å². The number of rotatable bonds is 5. The number of hydrogen-bond acceptors (Lipinski definition) is 4. The number of benzene rings is 1. The van der Waals surface area contributed by atoms with Crippen LogP contribution in [0.15, 0.2) is 42.6 Å². The van der Waals surface area contributed by atoms with Gasteiger partial charge in [-0.05, 0) is 55.5 Å². The first kappa shape index (κ1) is 17.1. The highest BCUT2D eigenvalue weighted by Crippen LogP contribution is 2.24. The van der Waals surface area contributed by atoms with Crippen molar-refractivity contribution in [2.75, 3.05) is 19.7 Å². The maximum atomic E-state index is 10.9. The van der Waals surface area contributed by atoms with E-state index in [0.717, 1.165) is 24.2 Å². The standard InChI is InChI=1S/C19H22N2O4/c1-14-2-7-18(20-12-14)25-17-5-3-16(4-6-17)24-13-15-8-10-21(11-9-15)19(22)23/h2-7,12,15H,8-11,13H2,1H3,(H,22,23). The molecule has 2 aromatic rings. The molecule has 6 heteroatoms.